The van der Waals surface area contributed by atoms with E-state index in [0.717, 1.165) is 16.4 Å². The Kier molecular flexibility index (Phi) is 7.45. The van der Waals surface area contributed by atoms with E-state index in [0.29, 0.717) is 18.6 Å². The van der Waals surface area contributed by atoms with Crippen LogP contribution >= 0.6 is 11.6 Å². The molecule has 33 heavy (non-hydrogen) atoms. The molecule has 1 atom stereocenters. The van der Waals surface area contributed by atoms with E-state index in [4.69, 9.17) is 21.1 Å². The summed E-state index contributed by atoms with van der Waals surface area (Å²) in [6, 6.07) is 7.18. The van der Waals surface area contributed by atoms with Crippen molar-refractivity contribution in [1.29, 1.82) is 0 Å². The average molecular weight is 507 g/mol. The molecule has 0 aliphatic carbocycles. The molecule has 1 heterocycles. The fourth-order valence-electron chi connectivity index (χ4n) is 3.60. The second-order valence-corrected chi connectivity index (χ2v) is 9.77. The molecule has 0 unspecified atom stereocenters. The fraction of sp³-hybridized carbons (Fsp3) is 0.381. The van der Waals surface area contributed by atoms with Gasteiger partial charge in [-0.05, 0) is 43.2 Å². The van der Waals surface area contributed by atoms with Crippen LogP contribution in [0, 0.1) is 5.92 Å². The summed E-state index contributed by atoms with van der Waals surface area (Å²) in [7, 11) is -1.18. The van der Waals surface area contributed by atoms with Crippen LogP contribution < -0.4 is 14.8 Å². The number of ether oxygens (including phenoxy) is 2. The number of alkyl halides is 3. The molecule has 2 aromatic rings. The van der Waals surface area contributed by atoms with E-state index in [1.807, 2.05) is 0 Å². The number of sulfonamides is 1. The molecule has 1 N–H and O–H groups in total. The van der Waals surface area contributed by atoms with Gasteiger partial charge in [-0.25, -0.2) is 8.42 Å². The number of hydrogen-bond donors (Lipinski definition) is 1. The summed E-state index contributed by atoms with van der Waals surface area (Å²) in [5.74, 6) is -0.941. The van der Waals surface area contributed by atoms with Crippen molar-refractivity contribution < 1.29 is 35.9 Å². The van der Waals surface area contributed by atoms with Crippen molar-refractivity contribution in [3.63, 3.8) is 0 Å². The number of rotatable bonds is 6. The first kappa shape index (κ1) is 25.1. The van der Waals surface area contributed by atoms with Gasteiger partial charge in [0.15, 0.2) is 11.5 Å². The number of carbonyl (C=O) groups excluding carboxylic acids is 1. The first-order chi connectivity index (χ1) is 15.5. The highest BCUT2D eigenvalue weighted by Crippen LogP contribution is 2.37. The van der Waals surface area contributed by atoms with Crippen LogP contribution in [0.1, 0.15) is 18.4 Å². The molecule has 0 radical (unpaired) electrons. The topological polar surface area (TPSA) is 84.9 Å². The van der Waals surface area contributed by atoms with Gasteiger partial charge in [0.05, 0.1) is 36.3 Å². The van der Waals surface area contributed by atoms with Crippen LogP contribution in [0.4, 0.5) is 18.9 Å². The molecule has 0 spiro atoms. The van der Waals surface area contributed by atoms with Crippen LogP contribution in [-0.4, -0.2) is 45.9 Å². The van der Waals surface area contributed by atoms with Crippen LogP contribution in [0.5, 0.6) is 11.5 Å². The number of piperidine rings is 1. The smallest absolute Gasteiger partial charge is 0.418 e. The Bertz CT molecular complexity index is 1140. The van der Waals surface area contributed by atoms with Crippen LogP contribution in [0.2, 0.25) is 5.02 Å². The van der Waals surface area contributed by atoms with Gasteiger partial charge in [0.2, 0.25) is 15.9 Å². The lowest BCUT2D eigenvalue weighted by Crippen LogP contribution is -2.43. The third kappa shape index (κ3) is 5.53. The number of benzene rings is 2. The molecule has 0 bridgehead atoms. The van der Waals surface area contributed by atoms with E-state index in [2.05, 4.69) is 5.32 Å². The number of amides is 1. The Morgan fingerprint density at radius 3 is 2.45 bits per heavy atom. The van der Waals surface area contributed by atoms with Crippen LogP contribution in [0.25, 0.3) is 0 Å². The SMILES string of the molecule is COc1ccc(S(=O)(=O)N2CCC[C@@H](C(=O)Nc3ccc(Cl)cc3C(F)(F)F)C2)cc1OC. The lowest BCUT2D eigenvalue weighted by molar-refractivity contribution is -0.137. The maximum Gasteiger partial charge on any atom is 0.418 e. The summed E-state index contributed by atoms with van der Waals surface area (Å²) in [5, 5.41) is 2.16. The van der Waals surface area contributed by atoms with Gasteiger partial charge in [0, 0.05) is 24.2 Å². The molecular formula is C21H22ClF3N2O5S. The number of halogens is 4. The van der Waals surface area contributed by atoms with Crippen molar-refractivity contribution in [2.75, 3.05) is 32.6 Å². The van der Waals surface area contributed by atoms with E-state index < -0.39 is 39.3 Å². The van der Waals surface area contributed by atoms with Gasteiger partial charge < -0.3 is 14.8 Å². The molecule has 1 aliphatic rings. The molecule has 7 nitrogen and oxygen atoms in total. The van der Waals surface area contributed by atoms with E-state index in [9.17, 15) is 26.4 Å². The zero-order valence-electron chi connectivity index (χ0n) is 17.8. The summed E-state index contributed by atoms with van der Waals surface area (Å²) >= 11 is 5.67. The Morgan fingerprint density at radius 1 is 1.12 bits per heavy atom. The summed E-state index contributed by atoms with van der Waals surface area (Å²) < 4.78 is 77.7. The first-order valence-electron chi connectivity index (χ1n) is 9.87. The lowest BCUT2D eigenvalue weighted by atomic mass is 9.98. The van der Waals surface area contributed by atoms with Gasteiger partial charge in [-0.1, -0.05) is 11.6 Å². The monoisotopic (exact) mass is 506 g/mol. The molecule has 1 fully saturated rings. The van der Waals surface area contributed by atoms with E-state index in [1.165, 1.54) is 38.5 Å². The molecule has 3 rings (SSSR count). The summed E-state index contributed by atoms with van der Waals surface area (Å²) in [6.45, 7) is 0.00660. The second-order valence-electron chi connectivity index (χ2n) is 7.40. The van der Waals surface area contributed by atoms with Crippen LogP contribution in [0.3, 0.4) is 0 Å². The highest BCUT2D eigenvalue weighted by molar-refractivity contribution is 7.89. The summed E-state index contributed by atoms with van der Waals surface area (Å²) in [4.78, 5) is 12.7. The molecule has 1 aliphatic heterocycles. The number of hydrogen-bond acceptors (Lipinski definition) is 5. The van der Waals surface area contributed by atoms with Gasteiger partial charge in [-0.3, -0.25) is 4.79 Å². The van der Waals surface area contributed by atoms with E-state index >= 15 is 0 Å². The highest BCUT2D eigenvalue weighted by atomic mass is 35.5. The lowest BCUT2D eigenvalue weighted by Gasteiger charge is -2.31. The van der Waals surface area contributed by atoms with Gasteiger partial charge in [-0.15, -0.1) is 0 Å². The van der Waals surface area contributed by atoms with Crippen molar-refractivity contribution in [3.8, 4) is 11.5 Å². The minimum atomic E-state index is -4.72. The summed E-state index contributed by atoms with van der Waals surface area (Å²) in [5.41, 5.74) is -1.51. The fourth-order valence-corrected chi connectivity index (χ4v) is 5.31. The molecule has 12 heteroatoms. The number of methoxy groups -OCH3 is 2. The Balaban J connectivity index is 1.80. The van der Waals surface area contributed by atoms with Crippen molar-refractivity contribution in [2.45, 2.75) is 23.9 Å². The molecule has 0 saturated carbocycles. The number of nitrogens with one attached hydrogen (secondary N) is 1. The molecular weight excluding hydrogens is 485 g/mol. The summed E-state index contributed by atoms with van der Waals surface area (Å²) in [6.07, 6.45) is -4.01. The minimum absolute atomic E-state index is 0.0433. The quantitative estimate of drug-likeness (QED) is 0.627. The predicted molar refractivity (Wildman–Crippen MR) is 116 cm³/mol. The molecule has 180 valence electrons. The molecule has 2 aromatic carbocycles. The third-order valence-corrected chi connectivity index (χ3v) is 7.39. The van der Waals surface area contributed by atoms with E-state index in [1.54, 1.807) is 0 Å². The predicted octanol–water partition coefficient (Wildman–Crippen LogP) is 4.42. The van der Waals surface area contributed by atoms with E-state index in [-0.39, 0.29) is 28.8 Å². The van der Waals surface area contributed by atoms with Crippen molar-refractivity contribution in [1.82, 2.24) is 4.31 Å². The third-order valence-electron chi connectivity index (χ3n) is 5.29. The molecule has 1 amide bonds. The Hall–Kier alpha value is -2.50. The second kappa shape index (κ2) is 9.78. The zero-order chi connectivity index (χ0) is 24.4. The zero-order valence-corrected chi connectivity index (χ0v) is 19.4. The van der Waals surface area contributed by atoms with Gasteiger partial charge in [0.1, 0.15) is 0 Å². The Labute approximate surface area is 194 Å². The maximum absolute atomic E-state index is 13.3. The highest BCUT2D eigenvalue weighted by Gasteiger charge is 2.37. The van der Waals surface area contributed by atoms with Crippen LogP contribution in [-0.2, 0) is 21.0 Å². The Morgan fingerprint density at radius 2 is 1.82 bits per heavy atom. The van der Waals surface area contributed by atoms with Gasteiger partial charge in [-0.2, -0.15) is 17.5 Å². The number of nitrogens with zero attached hydrogens (tertiary/aromatic N) is 1. The minimum Gasteiger partial charge on any atom is -0.493 e. The van der Waals surface area contributed by atoms with Gasteiger partial charge in [0.25, 0.3) is 0 Å². The number of carbonyl (C=O) groups is 1. The normalized spacial score (nSPS) is 17.5. The maximum atomic E-state index is 13.3. The van der Waals surface area contributed by atoms with Crippen molar-refractivity contribution >= 4 is 33.2 Å². The molecule has 1 saturated heterocycles. The largest absolute Gasteiger partial charge is 0.493 e. The first-order valence-corrected chi connectivity index (χ1v) is 11.7. The van der Waals surface area contributed by atoms with Crippen molar-refractivity contribution in [3.05, 3.63) is 47.0 Å². The number of anilines is 1. The van der Waals surface area contributed by atoms with Crippen LogP contribution in [0.15, 0.2) is 41.3 Å². The van der Waals surface area contributed by atoms with Gasteiger partial charge >= 0.3 is 6.18 Å². The average Bonchev–Trinajstić information content (AvgIpc) is 2.79. The van der Waals surface area contributed by atoms with Crippen molar-refractivity contribution in [2.24, 2.45) is 5.92 Å². The molecule has 0 aromatic heterocycles. The standard InChI is InChI=1S/C21H22ClF3N2O5S/c1-31-18-8-6-15(11-19(18)32-2)33(29,30)27-9-3-4-13(12-27)20(28)26-17-7-5-14(22)10-16(17)21(23,24)25/h5-8,10-11,13H,3-4,9,12H2,1-2H3,(H,26,28)/t13-/m1/s1.